The summed E-state index contributed by atoms with van der Waals surface area (Å²) >= 11 is 0. The van der Waals surface area contributed by atoms with E-state index in [0.717, 1.165) is 23.4 Å². The molecule has 0 unspecified atom stereocenters. The van der Waals surface area contributed by atoms with Crippen LogP contribution in [0.4, 0.5) is 10.5 Å². The van der Waals surface area contributed by atoms with Crippen molar-refractivity contribution in [2.45, 2.75) is 6.42 Å². The molecule has 2 rings (SSSR count). The van der Waals surface area contributed by atoms with Crippen molar-refractivity contribution in [3.05, 3.63) is 23.8 Å². The van der Waals surface area contributed by atoms with E-state index in [1.54, 1.807) is 0 Å². The molecule has 15 heavy (non-hydrogen) atoms. The standard InChI is InChI=1S/C10H12N2O3/c1-14-10(13)12-11-8-3-2-4-9-7(8)5-6-15-9/h2-4,11H,5-6H2,1H3,(H,12,13). The lowest BCUT2D eigenvalue weighted by Gasteiger charge is -2.10. The maximum absolute atomic E-state index is 10.9. The first-order valence-electron chi connectivity index (χ1n) is 4.66. The Morgan fingerprint density at radius 2 is 2.40 bits per heavy atom. The normalized spacial score (nSPS) is 12.6. The zero-order chi connectivity index (χ0) is 10.7. The van der Waals surface area contributed by atoms with Gasteiger partial charge in [0.15, 0.2) is 0 Å². The fourth-order valence-corrected chi connectivity index (χ4v) is 1.51. The number of benzene rings is 1. The lowest BCUT2D eigenvalue weighted by atomic mass is 10.1. The van der Waals surface area contributed by atoms with E-state index >= 15 is 0 Å². The number of amides is 1. The predicted octanol–water partition coefficient (Wildman–Crippen LogP) is 1.30. The minimum atomic E-state index is -0.522. The fourth-order valence-electron chi connectivity index (χ4n) is 1.51. The molecule has 0 saturated heterocycles. The predicted molar refractivity (Wildman–Crippen MR) is 54.8 cm³/mol. The molecule has 0 spiro atoms. The van der Waals surface area contributed by atoms with Crippen LogP contribution < -0.4 is 15.6 Å². The van der Waals surface area contributed by atoms with E-state index in [1.165, 1.54) is 7.11 Å². The zero-order valence-electron chi connectivity index (χ0n) is 8.37. The Labute approximate surface area is 87.3 Å². The molecule has 0 bridgehead atoms. The number of hydrogen-bond acceptors (Lipinski definition) is 4. The number of hydrogen-bond donors (Lipinski definition) is 2. The van der Waals surface area contributed by atoms with Crippen LogP contribution in [0.1, 0.15) is 5.56 Å². The van der Waals surface area contributed by atoms with E-state index in [4.69, 9.17) is 4.74 Å². The van der Waals surface area contributed by atoms with Crippen LogP contribution in [0.3, 0.4) is 0 Å². The summed E-state index contributed by atoms with van der Waals surface area (Å²) in [4.78, 5) is 10.9. The molecule has 1 aromatic rings. The third-order valence-corrected chi connectivity index (χ3v) is 2.23. The molecule has 5 nitrogen and oxygen atoms in total. The molecule has 0 aromatic heterocycles. The van der Waals surface area contributed by atoms with Gasteiger partial charge in [-0.25, -0.2) is 10.2 Å². The van der Waals surface area contributed by atoms with Gasteiger partial charge in [-0.2, -0.15) is 0 Å². The average molecular weight is 208 g/mol. The van der Waals surface area contributed by atoms with Gasteiger partial charge >= 0.3 is 6.09 Å². The number of anilines is 1. The Morgan fingerprint density at radius 3 is 3.20 bits per heavy atom. The van der Waals surface area contributed by atoms with Crippen molar-refractivity contribution in [2.24, 2.45) is 0 Å². The van der Waals surface area contributed by atoms with Gasteiger partial charge < -0.3 is 9.47 Å². The van der Waals surface area contributed by atoms with Crippen LogP contribution >= 0.6 is 0 Å². The van der Waals surface area contributed by atoms with Crippen LogP contribution in [0, 0.1) is 0 Å². The molecule has 1 heterocycles. The second kappa shape index (κ2) is 4.08. The summed E-state index contributed by atoms with van der Waals surface area (Å²) in [7, 11) is 1.32. The number of carbonyl (C=O) groups excluding carboxylic acids is 1. The van der Waals surface area contributed by atoms with Gasteiger partial charge in [0.1, 0.15) is 5.75 Å². The van der Waals surface area contributed by atoms with Crippen molar-refractivity contribution in [2.75, 3.05) is 19.1 Å². The first-order valence-corrected chi connectivity index (χ1v) is 4.66. The first-order chi connectivity index (χ1) is 7.31. The van der Waals surface area contributed by atoms with Crippen LogP contribution in [-0.2, 0) is 11.2 Å². The van der Waals surface area contributed by atoms with E-state index in [2.05, 4.69) is 15.6 Å². The Kier molecular flexibility index (Phi) is 2.62. The summed E-state index contributed by atoms with van der Waals surface area (Å²) in [5.41, 5.74) is 7.12. The number of carbonyl (C=O) groups is 1. The number of methoxy groups -OCH3 is 1. The van der Waals surface area contributed by atoms with Gasteiger partial charge in [0, 0.05) is 12.0 Å². The van der Waals surface area contributed by atoms with Crippen LogP contribution in [0.25, 0.3) is 0 Å². The third kappa shape index (κ3) is 1.96. The third-order valence-electron chi connectivity index (χ3n) is 2.23. The molecule has 5 heteroatoms. The number of nitrogens with one attached hydrogen (secondary N) is 2. The monoisotopic (exact) mass is 208 g/mol. The Bertz CT molecular complexity index is 379. The summed E-state index contributed by atoms with van der Waals surface area (Å²) in [5.74, 6) is 0.867. The van der Waals surface area contributed by atoms with E-state index in [1.807, 2.05) is 18.2 Å². The van der Waals surface area contributed by atoms with Crippen molar-refractivity contribution in [3.63, 3.8) is 0 Å². The molecule has 0 saturated carbocycles. The average Bonchev–Trinajstić information content (AvgIpc) is 2.74. The van der Waals surface area contributed by atoms with E-state index in [9.17, 15) is 4.79 Å². The van der Waals surface area contributed by atoms with E-state index in [0.29, 0.717) is 6.61 Å². The fraction of sp³-hybridized carbons (Fsp3) is 0.300. The van der Waals surface area contributed by atoms with Gasteiger partial charge in [0.05, 0.1) is 19.4 Å². The molecule has 80 valence electrons. The summed E-state index contributed by atoms with van der Waals surface area (Å²) in [6.45, 7) is 0.687. The molecular weight excluding hydrogens is 196 g/mol. The first kappa shape index (κ1) is 9.64. The molecular formula is C10H12N2O3. The van der Waals surface area contributed by atoms with E-state index < -0.39 is 6.09 Å². The van der Waals surface area contributed by atoms with Crippen molar-refractivity contribution in [1.29, 1.82) is 0 Å². The maximum Gasteiger partial charge on any atom is 0.425 e. The topological polar surface area (TPSA) is 59.6 Å². The lowest BCUT2D eigenvalue weighted by molar-refractivity contribution is 0.173. The van der Waals surface area contributed by atoms with Crippen LogP contribution in [0.5, 0.6) is 5.75 Å². The van der Waals surface area contributed by atoms with Gasteiger partial charge in [0.2, 0.25) is 0 Å². The minimum absolute atomic E-state index is 0.522. The van der Waals surface area contributed by atoms with Crippen molar-refractivity contribution >= 4 is 11.8 Å². The largest absolute Gasteiger partial charge is 0.493 e. The number of hydrazine groups is 1. The van der Waals surface area contributed by atoms with Crippen molar-refractivity contribution in [3.8, 4) is 5.75 Å². The van der Waals surface area contributed by atoms with Gasteiger partial charge in [-0.1, -0.05) is 6.07 Å². The van der Waals surface area contributed by atoms with Crippen LogP contribution in [0.2, 0.25) is 0 Å². The number of ether oxygens (including phenoxy) is 2. The highest BCUT2D eigenvalue weighted by atomic mass is 16.5. The van der Waals surface area contributed by atoms with Crippen molar-refractivity contribution in [1.82, 2.24) is 5.43 Å². The summed E-state index contributed by atoms with van der Waals surface area (Å²) in [6, 6.07) is 5.65. The quantitative estimate of drug-likeness (QED) is 0.719. The Morgan fingerprint density at radius 1 is 1.53 bits per heavy atom. The molecule has 0 fully saturated rings. The molecule has 2 N–H and O–H groups in total. The molecule has 0 aliphatic carbocycles. The van der Waals surface area contributed by atoms with Gasteiger partial charge in [-0.05, 0) is 12.1 Å². The van der Waals surface area contributed by atoms with Gasteiger partial charge in [0.25, 0.3) is 0 Å². The van der Waals surface area contributed by atoms with Crippen LogP contribution in [-0.4, -0.2) is 19.8 Å². The second-order valence-electron chi connectivity index (χ2n) is 3.12. The highest BCUT2D eigenvalue weighted by Gasteiger charge is 2.15. The smallest absolute Gasteiger partial charge is 0.425 e. The lowest BCUT2D eigenvalue weighted by Crippen LogP contribution is -2.29. The zero-order valence-corrected chi connectivity index (χ0v) is 8.37. The minimum Gasteiger partial charge on any atom is -0.493 e. The SMILES string of the molecule is COC(=O)NNc1cccc2c1CCO2. The molecule has 1 aliphatic heterocycles. The number of rotatable bonds is 2. The molecule has 1 amide bonds. The second-order valence-corrected chi connectivity index (χ2v) is 3.12. The summed E-state index contributed by atoms with van der Waals surface area (Å²) in [6.07, 6.45) is 0.327. The highest BCUT2D eigenvalue weighted by Crippen LogP contribution is 2.30. The molecule has 1 aromatic carbocycles. The molecule has 0 radical (unpaired) electrons. The Hall–Kier alpha value is -1.91. The Balaban J connectivity index is 2.09. The number of fused-ring (bicyclic) bond motifs is 1. The van der Waals surface area contributed by atoms with Gasteiger partial charge in [-0.3, -0.25) is 5.43 Å². The highest BCUT2D eigenvalue weighted by molar-refractivity contribution is 5.70. The summed E-state index contributed by atoms with van der Waals surface area (Å²) in [5, 5.41) is 0. The molecule has 0 atom stereocenters. The van der Waals surface area contributed by atoms with Gasteiger partial charge in [-0.15, -0.1) is 0 Å². The summed E-state index contributed by atoms with van der Waals surface area (Å²) < 4.78 is 9.84. The van der Waals surface area contributed by atoms with Crippen molar-refractivity contribution < 1.29 is 14.3 Å². The van der Waals surface area contributed by atoms with E-state index in [-0.39, 0.29) is 0 Å². The molecule has 1 aliphatic rings. The van der Waals surface area contributed by atoms with Crippen LogP contribution in [0.15, 0.2) is 18.2 Å². The maximum atomic E-state index is 10.9.